The Hall–Kier alpha value is -1.35. The molecule has 1 N–H and O–H groups in total. The Morgan fingerprint density at radius 1 is 1.26 bits per heavy atom. The van der Waals surface area contributed by atoms with Crippen molar-refractivity contribution in [3.05, 3.63) is 10.6 Å². The highest BCUT2D eigenvalue weighted by Gasteiger charge is 2.36. The lowest BCUT2D eigenvalue weighted by Gasteiger charge is -2.26. The molecule has 1 aromatic heterocycles. The largest absolute Gasteiger partial charge is 0.462 e. The van der Waals surface area contributed by atoms with E-state index in [0.29, 0.717) is 24.7 Å². The molecule has 2 heterocycles. The Morgan fingerprint density at radius 2 is 1.83 bits per heavy atom. The van der Waals surface area contributed by atoms with Crippen LogP contribution in [0.4, 0.5) is 18.3 Å². The number of anilines is 1. The van der Waals surface area contributed by atoms with Crippen molar-refractivity contribution in [2.75, 3.05) is 31.1 Å². The summed E-state index contributed by atoms with van der Waals surface area (Å²) in [5.41, 5.74) is -0.243. The molecule has 0 saturated carbocycles. The van der Waals surface area contributed by atoms with Gasteiger partial charge in [-0.15, -0.1) is 0 Å². The predicted molar refractivity (Wildman–Crippen MR) is 83.8 cm³/mol. The van der Waals surface area contributed by atoms with Crippen molar-refractivity contribution >= 4 is 22.9 Å². The van der Waals surface area contributed by atoms with Crippen LogP contribution in [-0.2, 0) is 15.7 Å². The number of carbonyl (C=O) groups is 1. The minimum absolute atomic E-state index is 0.0750. The second kappa shape index (κ2) is 7.96. The average molecular weight is 353 g/mol. The fraction of sp³-hybridized carbons (Fsp3) is 0.714. The van der Waals surface area contributed by atoms with Gasteiger partial charge in [-0.25, -0.2) is 4.98 Å². The number of aromatic nitrogens is 1. The van der Waals surface area contributed by atoms with Gasteiger partial charge in [0.25, 0.3) is 6.47 Å². The van der Waals surface area contributed by atoms with Crippen molar-refractivity contribution in [3.8, 4) is 0 Å². The van der Waals surface area contributed by atoms with Gasteiger partial charge in [0.1, 0.15) is 10.5 Å². The first-order valence-corrected chi connectivity index (χ1v) is 7.98. The molecule has 1 fully saturated rings. The van der Waals surface area contributed by atoms with Gasteiger partial charge in [-0.1, -0.05) is 11.3 Å². The van der Waals surface area contributed by atoms with Crippen LogP contribution in [0.5, 0.6) is 0 Å². The fourth-order valence-corrected chi connectivity index (χ4v) is 2.77. The molecule has 1 saturated heterocycles. The number of aryl methyl sites for hydroxylation is 1. The highest BCUT2D eigenvalue weighted by molar-refractivity contribution is 7.15. The second-order valence-electron chi connectivity index (χ2n) is 5.97. The standard InChI is InChI=1S/C9H12F3N3S.C5H10O2/c1-6-7(9(10,11)12)16-8(14-6)15-4-2-13-3-5-15;1-5(2,3)7-4-6/h13H,2-5H2,1H3;4H,1-3H3. The summed E-state index contributed by atoms with van der Waals surface area (Å²) in [6.45, 7) is 10.3. The van der Waals surface area contributed by atoms with E-state index < -0.39 is 11.1 Å². The van der Waals surface area contributed by atoms with Gasteiger partial charge in [-0.05, 0) is 27.7 Å². The van der Waals surface area contributed by atoms with E-state index in [4.69, 9.17) is 0 Å². The van der Waals surface area contributed by atoms with Gasteiger partial charge in [0.15, 0.2) is 5.13 Å². The number of nitrogens with zero attached hydrogens (tertiary/aromatic N) is 2. The molecule has 1 aliphatic heterocycles. The predicted octanol–water partition coefficient (Wildman–Crippen LogP) is 2.84. The summed E-state index contributed by atoms with van der Waals surface area (Å²) < 4.78 is 42.3. The van der Waals surface area contributed by atoms with Gasteiger partial charge in [-0.2, -0.15) is 13.2 Å². The first kappa shape index (κ1) is 19.7. The van der Waals surface area contributed by atoms with E-state index in [9.17, 15) is 18.0 Å². The summed E-state index contributed by atoms with van der Waals surface area (Å²) in [5.74, 6) is 0. The highest BCUT2D eigenvalue weighted by Crippen LogP contribution is 2.38. The third kappa shape index (κ3) is 6.74. The normalized spacial score (nSPS) is 15.7. The van der Waals surface area contributed by atoms with Gasteiger partial charge in [0, 0.05) is 26.2 Å². The van der Waals surface area contributed by atoms with Crippen LogP contribution in [-0.4, -0.2) is 43.2 Å². The zero-order chi connectivity index (χ0) is 17.7. The van der Waals surface area contributed by atoms with E-state index in [1.54, 1.807) is 0 Å². The van der Waals surface area contributed by atoms with Gasteiger partial charge in [0.05, 0.1) is 5.69 Å². The molecule has 0 atom stereocenters. The van der Waals surface area contributed by atoms with Crippen LogP contribution in [0.3, 0.4) is 0 Å². The van der Waals surface area contributed by atoms with Gasteiger partial charge >= 0.3 is 6.18 Å². The average Bonchev–Trinajstić information content (AvgIpc) is 2.81. The number of thiazole rings is 1. The van der Waals surface area contributed by atoms with E-state index in [-0.39, 0.29) is 11.3 Å². The maximum Gasteiger partial charge on any atom is 0.427 e. The highest BCUT2D eigenvalue weighted by atomic mass is 32.1. The second-order valence-corrected chi connectivity index (χ2v) is 6.95. The number of ether oxygens (including phenoxy) is 1. The molecule has 0 amide bonds. The molecule has 23 heavy (non-hydrogen) atoms. The van der Waals surface area contributed by atoms with Crippen LogP contribution in [0, 0.1) is 6.92 Å². The van der Waals surface area contributed by atoms with E-state index in [2.05, 4.69) is 15.0 Å². The van der Waals surface area contributed by atoms with Crippen LogP contribution < -0.4 is 10.2 Å². The number of hydrogen-bond acceptors (Lipinski definition) is 6. The molecule has 9 heteroatoms. The zero-order valence-electron chi connectivity index (χ0n) is 13.7. The molecule has 0 bridgehead atoms. The molecule has 0 spiro atoms. The molecular formula is C14H22F3N3O2S. The van der Waals surface area contributed by atoms with Crippen molar-refractivity contribution in [1.82, 2.24) is 10.3 Å². The topological polar surface area (TPSA) is 54.5 Å². The minimum atomic E-state index is -4.28. The van der Waals surface area contributed by atoms with E-state index in [1.165, 1.54) is 6.92 Å². The Balaban J connectivity index is 0.000000322. The molecular weight excluding hydrogens is 331 g/mol. The Morgan fingerprint density at radius 3 is 2.17 bits per heavy atom. The van der Waals surface area contributed by atoms with Crippen LogP contribution in [0.15, 0.2) is 0 Å². The number of rotatable bonds is 2. The molecule has 0 aliphatic carbocycles. The van der Waals surface area contributed by atoms with Gasteiger partial charge < -0.3 is 15.0 Å². The van der Waals surface area contributed by atoms with Crippen molar-refractivity contribution < 1.29 is 22.7 Å². The molecule has 0 aromatic carbocycles. The number of piperazine rings is 1. The third-order valence-corrected chi connectivity index (χ3v) is 4.10. The first-order chi connectivity index (χ1) is 10.5. The molecule has 132 valence electrons. The maximum absolute atomic E-state index is 12.6. The Bertz CT molecular complexity index is 506. The zero-order valence-corrected chi connectivity index (χ0v) is 14.5. The summed E-state index contributed by atoms with van der Waals surface area (Å²) in [7, 11) is 0. The number of nitrogens with one attached hydrogen (secondary N) is 1. The van der Waals surface area contributed by atoms with Crippen molar-refractivity contribution in [1.29, 1.82) is 0 Å². The molecule has 0 unspecified atom stereocenters. The molecule has 1 aliphatic rings. The molecule has 1 aromatic rings. The summed E-state index contributed by atoms with van der Waals surface area (Å²) in [4.78, 5) is 14.9. The monoisotopic (exact) mass is 353 g/mol. The Kier molecular flexibility index (Phi) is 6.82. The smallest absolute Gasteiger partial charge is 0.427 e. The van der Waals surface area contributed by atoms with Gasteiger partial charge in [-0.3, -0.25) is 4.79 Å². The van der Waals surface area contributed by atoms with Crippen molar-refractivity contribution in [2.45, 2.75) is 39.5 Å². The summed E-state index contributed by atoms with van der Waals surface area (Å²) >= 11 is 0.735. The first-order valence-electron chi connectivity index (χ1n) is 7.16. The number of alkyl halides is 3. The van der Waals surface area contributed by atoms with Crippen LogP contribution in [0.25, 0.3) is 0 Å². The SMILES string of the molecule is CC(C)(C)OC=O.Cc1nc(N2CCNCC2)sc1C(F)(F)F. The molecule has 0 radical (unpaired) electrons. The summed E-state index contributed by atoms with van der Waals surface area (Å²) in [5, 5.41) is 3.63. The van der Waals surface area contributed by atoms with Crippen molar-refractivity contribution in [3.63, 3.8) is 0 Å². The fourth-order valence-electron chi connectivity index (χ4n) is 1.78. The Labute approximate surface area is 137 Å². The van der Waals surface area contributed by atoms with Crippen molar-refractivity contribution in [2.24, 2.45) is 0 Å². The lowest BCUT2D eigenvalue weighted by atomic mass is 10.2. The number of halogens is 3. The van der Waals surface area contributed by atoms with E-state index in [1.807, 2.05) is 25.7 Å². The maximum atomic E-state index is 12.6. The van der Waals surface area contributed by atoms with E-state index in [0.717, 1.165) is 24.4 Å². The van der Waals surface area contributed by atoms with Crippen LogP contribution in [0.2, 0.25) is 0 Å². The lowest BCUT2D eigenvalue weighted by molar-refractivity contribution is -0.138. The van der Waals surface area contributed by atoms with E-state index >= 15 is 0 Å². The van der Waals surface area contributed by atoms with Crippen LogP contribution >= 0.6 is 11.3 Å². The molecule has 2 rings (SSSR count). The quantitative estimate of drug-likeness (QED) is 0.829. The van der Waals surface area contributed by atoms with Gasteiger partial charge in [0.2, 0.25) is 0 Å². The van der Waals surface area contributed by atoms with Crippen LogP contribution in [0.1, 0.15) is 31.3 Å². The third-order valence-electron chi connectivity index (χ3n) is 2.83. The number of hydrogen-bond donors (Lipinski definition) is 1. The minimum Gasteiger partial charge on any atom is -0.462 e. The lowest BCUT2D eigenvalue weighted by Crippen LogP contribution is -2.43. The summed E-state index contributed by atoms with van der Waals surface area (Å²) in [6.07, 6.45) is -4.28. The summed E-state index contributed by atoms with van der Waals surface area (Å²) in [6, 6.07) is 0. The molecule has 5 nitrogen and oxygen atoms in total. The number of carbonyl (C=O) groups excluding carboxylic acids is 1.